The molecule has 0 aliphatic rings. The number of benzene rings is 2. The van der Waals surface area contributed by atoms with E-state index in [2.05, 4.69) is 49.6 Å². The maximum Gasteiger partial charge on any atom is 0.0938 e. The summed E-state index contributed by atoms with van der Waals surface area (Å²) in [5.74, 6) is 0. The van der Waals surface area contributed by atoms with Gasteiger partial charge in [0.05, 0.1) is 5.60 Å². The number of rotatable bonds is 8. The second kappa shape index (κ2) is 9.91. The molecule has 0 heterocycles. The van der Waals surface area contributed by atoms with Gasteiger partial charge in [0.1, 0.15) is 0 Å². The Kier molecular flexibility index (Phi) is 7.89. The Morgan fingerprint density at radius 3 is 2.08 bits per heavy atom. The second-order valence-electron chi connectivity index (χ2n) is 6.42. The second-order valence-corrected chi connectivity index (χ2v) is 8.48. The molecule has 1 N–H and O–H groups in total. The van der Waals surface area contributed by atoms with E-state index in [-0.39, 0.29) is 0 Å². The highest BCUT2D eigenvalue weighted by atomic mass is 32.2. The molecule has 2 aromatic rings. The lowest BCUT2D eigenvalue weighted by atomic mass is 9.99. The van der Waals surface area contributed by atoms with Crippen molar-refractivity contribution in [2.75, 3.05) is 0 Å². The Hall–Kier alpha value is -1.42. The summed E-state index contributed by atoms with van der Waals surface area (Å²) in [6.07, 6.45) is 3.76. The Labute approximate surface area is 160 Å². The van der Waals surface area contributed by atoms with Gasteiger partial charge in [0.15, 0.2) is 0 Å². The first-order valence-corrected chi connectivity index (χ1v) is 10.2. The van der Waals surface area contributed by atoms with Crippen LogP contribution in [0.4, 0.5) is 0 Å². The lowest BCUT2D eigenvalue weighted by Crippen LogP contribution is -2.25. The zero-order valence-corrected chi connectivity index (χ0v) is 16.7. The van der Waals surface area contributed by atoms with Gasteiger partial charge in [-0.05, 0) is 63.3 Å². The Morgan fingerprint density at radius 1 is 0.960 bits per heavy atom. The summed E-state index contributed by atoms with van der Waals surface area (Å²) in [6.45, 7) is 6.10. The number of hydrogen-bond acceptors (Lipinski definition) is 3. The molecule has 0 saturated heterocycles. The van der Waals surface area contributed by atoms with Crippen LogP contribution < -0.4 is 0 Å². The minimum Gasteiger partial charge on any atom is -0.385 e. The van der Waals surface area contributed by atoms with Crippen molar-refractivity contribution < 1.29 is 5.11 Å². The molecule has 0 aliphatic heterocycles. The van der Waals surface area contributed by atoms with Gasteiger partial charge in [-0.1, -0.05) is 71.6 Å². The Bertz CT molecular complexity index is 699. The highest BCUT2D eigenvalue weighted by Gasteiger charge is 2.26. The van der Waals surface area contributed by atoms with Crippen molar-refractivity contribution in [3.05, 3.63) is 82.6 Å². The number of aliphatic hydroxyl groups is 1. The van der Waals surface area contributed by atoms with Gasteiger partial charge in [-0.3, -0.25) is 0 Å². The van der Waals surface area contributed by atoms with Crippen LogP contribution >= 0.6 is 23.5 Å². The average Bonchev–Trinajstić information content (AvgIpc) is 2.59. The lowest BCUT2D eigenvalue weighted by molar-refractivity contribution is 0.0992. The first-order chi connectivity index (χ1) is 12.0. The molecule has 1 unspecified atom stereocenters. The van der Waals surface area contributed by atoms with E-state index >= 15 is 0 Å². The summed E-state index contributed by atoms with van der Waals surface area (Å²) in [5.41, 5.74) is 0.435. The monoisotopic (exact) mass is 370 g/mol. The molecule has 0 bridgehead atoms. The van der Waals surface area contributed by atoms with Crippen molar-refractivity contribution in [3.8, 4) is 0 Å². The minimum atomic E-state index is -0.853. The van der Waals surface area contributed by atoms with E-state index in [4.69, 9.17) is 0 Å². The summed E-state index contributed by atoms with van der Waals surface area (Å²) in [7, 11) is 0. The summed E-state index contributed by atoms with van der Waals surface area (Å²) in [4.78, 5) is 3.30. The number of hydrogen-bond donors (Lipinski definition) is 1. The maximum atomic E-state index is 11.1. The number of allylic oxidation sites excluding steroid dienone is 2. The maximum absolute atomic E-state index is 11.1. The van der Waals surface area contributed by atoms with Gasteiger partial charge in [0.25, 0.3) is 0 Å². The molecular weight excluding hydrogens is 344 g/mol. The minimum absolute atomic E-state index is 0.708. The van der Waals surface area contributed by atoms with Crippen LogP contribution in [0.15, 0.2) is 92.4 Å². The summed E-state index contributed by atoms with van der Waals surface area (Å²) in [6, 6.07) is 20.5. The standard InChI is InChI=1S/C22H26OS2/c1-18(2)11-10-16-22(3,23)21(25-20-14-8-5-9-15-20)17-24-19-12-6-4-7-13-19/h4-9,11-15,17,23H,10,16H2,1-3H3. The predicted molar refractivity (Wildman–Crippen MR) is 112 cm³/mol. The van der Waals surface area contributed by atoms with Gasteiger partial charge in [0, 0.05) is 14.7 Å². The zero-order chi connectivity index (χ0) is 18.1. The molecular formula is C22H26OS2. The predicted octanol–water partition coefficient (Wildman–Crippen LogP) is 6.91. The van der Waals surface area contributed by atoms with E-state index in [1.807, 2.05) is 43.3 Å². The van der Waals surface area contributed by atoms with Gasteiger partial charge < -0.3 is 5.11 Å². The molecule has 1 atom stereocenters. The third kappa shape index (κ3) is 7.15. The molecule has 0 saturated carbocycles. The van der Waals surface area contributed by atoms with Crippen molar-refractivity contribution in [1.82, 2.24) is 0 Å². The molecule has 0 spiro atoms. The van der Waals surface area contributed by atoms with Gasteiger partial charge >= 0.3 is 0 Å². The van der Waals surface area contributed by atoms with Crippen LogP contribution in [-0.2, 0) is 0 Å². The molecule has 132 valence electrons. The van der Waals surface area contributed by atoms with Crippen LogP contribution in [0, 0.1) is 0 Å². The van der Waals surface area contributed by atoms with E-state index in [1.54, 1.807) is 23.5 Å². The average molecular weight is 371 g/mol. The third-order valence-electron chi connectivity index (χ3n) is 3.73. The topological polar surface area (TPSA) is 20.2 Å². The number of thioether (sulfide) groups is 2. The van der Waals surface area contributed by atoms with E-state index in [0.29, 0.717) is 6.42 Å². The van der Waals surface area contributed by atoms with E-state index < -0.39 is 5.60 Å². The fraction of sp³-hybridized carbons (Fsp3) is 0.273. The molecule has 2 rings (SSSR count). The van der Waals surface area contributed by atoms with Gasteiger partial charge in [-0.2, -0.15) is 0 Å². The van der Waals surface area contributed by atoms with Gasteiger partial charge in [-0.15, -0.1) is 0 Å². The fourth-order valence-corrected chi connectivity index (χ4v) is 4.28. The van der Waals surface area contributed by atoms with Crippen molar-refractivity contribution >= 4 is 23.5 Å². The van der Waals surface area contributed by atoms with Gasteiger partial charge in [-0.25, -0.2) is 0 Å². The van der Waals surface area contributed by atoms with Crippen molar-refractivity contribution in [2.24, 2.45) is 0 Å². The van der Waals surface area contributed by atoms with Crippen LogP contribution in [-0.4, -0.2) is 10.7 Å². The van der Waals surface area contributed by atoms with E-state index in [0.717, 1.165) is 16.2 Å². The molecule has 2 aromatic carbocycles. The summed E-state index contributed by atoms with van der Waals surface area (Å²) in [5, 5.41) is 13.2. The summed E-state index contributed by atoms with van der Waals surface area (Å²) < 4.78 is 0. The molecule has 1 nitrogen and oxygen atoms in total. The molecule has 0 aliphatic carbocycles. The van der Waals surface area contributed by atoms with E-state index in [9.17, 15) is 5.11 Å². The van der Waals surface area contributed by atoms with Crippen LogP contribution in [0.1, 0.15) is 33.6 Å². The Morgan fingerprint density at radius 2 is 1.52 bits per heavy atom. The van der Waals surface area contributed by atoms with E-state index in [1.165, 1.54) is 10.5 Å². The highest BCUT2D eigenvalue weighted by Crippen LogP contribution is 2.39. The lowest BCUT2D eigenvalue weighted by Gasteiger charge is -2.26. The van der Waals surface area contributed by atoms with Crippen LogP contribution in [0.25, 0.3) is 0 Å². The van der Waals surface area contributed by atoms with Crippen molar-refractivity contribution in [2.45, 2.75) is 49.0 Å². The molecule has 0 aromatic heterocycles. The summed E-state index contributed by atoms with van der Waals surface area (Å²) >= 11 is 3.30. The quantitative estimate of drug-likeness (QED) is 0.403. The SMILES string of the molecule is CC(C)=CCCC(C)(O)C(=CSc1ccccc1)Sc1ccccc1. The van der Waals surface area contributed by atoms with Crippen LogP contribution in [0.2, 0.25) is 0 Å². The third-order valence-corrected chi connectivity index (χ3v) is 6.06. The zero-order valence-electron chi connectivity index (χ0n) is 15.1. The smallest absolute Gasteiger partial charge is 0.0938 e. The molecule has 25 heavy (non-hydrogen) atoms. The highest BCUT2D eigenvalue weighted by molar-refractivity contribution is 8.06. The first kappa shape index (κ1) is 19.9. The molecule has 0 radical (unpaired) electrons. The fourth-order valence-electron chi connectivity index (χ4n) is 2.26. The molecule has 0 amide bonds. The first-order valence-electron chi connectivity index (χ1n) is 8.48. The van der Waals surface area contributed by atoms with Gasteiger partial charge in [0.2, 0.25) is 0 Å². The van der Waals surface area contributed by atoms with Crippen molar-refractivity contribution in [3.63, 3.8) is 0 Å². The van der Waals surface area contributed by atoms with Crippen molar-refractivity contribution in [1.29, 1.82) is 0 Å². The largest absolute Gasteiger partial charge is 0.385 e. The van der Waals surface area contributed by atoms with Crippen LogP contribution in [0.3, 0.4) is 0 Å². The van der Waals surface area contributed by atoms with Crippen LogP contribution in [0.5, 0.6) is 0 Å². The molecule has 3 heteroatoms. The Balaban J connectivity index is 2.19. The normalized spacial score (nSPS) is 14.0. The molecule has 0 fully saturated rings.